The van der Waals surface area contributed by atoms with Crippen LogP contribution in [0.4, 0.5) is 0 Å². The minimum absolute atomic E-state index is 0.327. The first kappa shape index (κ1) is 14.9. The van der Waals surface area contributed by atoms with Gasteiger partial charge in [-0.25, -0.2) is 0 Å². The van der Waals surface area contributed by atoms with Crippen LogP contribution >= 0.6 is 0 Å². The van der Waals surface area contributed by atoms with Crippen LogP contribution < -0.4 is 5.32 Å². The van der Waals surface area contributed by atoms with E-state index in [0.29, 0.717) is 12.1 Å². The van der Waals surface area contributed by atoms with Gasteiger partial charge in [0.15, 0.2) is 0 Å². The molecular weight excluding hydrogens is 190 g/mol. The van der Waals surface area contributed by atoms with E-state index in [1.165, 1.54) is 6.42 Å². The third-order valence-corrected chi connectivity index (χ3v) is 2.67. The van der Waals surface area contributed by atoms with Gasteiger partial charge in [0.2, 0.25) is 0 Å². The quantitative estimate of drug-likeness (QED) is 0.569. The van der Waals surface area contributed by atoms with Crippen molar-refractivity contribution in [3.8, 4) is 0 Å². The lowest BCUT2D eigenvalue weighted by atomic mass is 10.0. The normalized spacial score (nSPS) is 15.2. The topological polar surface area (TPSA) is 30.5 Å². The number of ether oxygens (including phenoxy) is 2. The summed E-state index contributed by atoms with van der Waals surface area (Å²) in [6, 6.07) is 0.468. The van der Waals surface area contributed by atoms with Crippen molar-refractivity contribution in [2.75, 3.05) is 27.4 Å². The van der Waals surface area contributed by atoms with Crippen molar-refractivity contribution in [3.63, 3.8) is 0 Å². The summed E-state index contributed by atoms with van der Waals surface area (Å²) in [6.45, 7) is 6.26. The predicted octanol–water partition coefficient (Wildman–Crippen LogP) is 2.21. The van der Waals surface area contributed by atoms with E-state index in [0.717, 1.165) is 32.4 Å². The summed E-state index contributed by atoms with van der Waals surface area (Å²) in [5.41, 5.74) is 0. The zero-order valence-electron chi connectivity index (χ0n) is 10.7. The number of rotatable bonds is 10. The van der Waals surface area contributed by atoms with Crippen molar-refractivity contribution in [3.05, 3.63) is 0 Å². The molecule has 92 valence electrons. The van der Waals surface area contributed by atoms with E-state index < -0.39 is 0 Å². The lowest BCUT2D eigenvalue weighted by Crippen LogP contribution is -2.41. The fraction of sp³-hybridized carbons (Fsp3) is 1.00. The van der Waals surface area contributed by atoms with E-state index in [1.807, 2.05) is 0 Å². The largest absolute Gasteiger partial charge is 0.385 e. The molecular formula is C12H27NO2. The van der Waals surface area contributed by atoms with Gasteiger partial charge in [-0.3, -0.25) is 0 Å². The SMILES string of the molecule is CCCNC(CCCOC)C(CC)OC. The molecule has 0 aliphatic carbocycles. The second kappa shape index (κ2) is 10.4. The number of hydrogen-bond donors (Lipinski definition) is 1. The van der Waals surface area contributed by atoms with Crippen LogP contribution in [0.1, 0.15) is 39.5 Å². The van der Waals surface area contributed by atoms with Gasteiger partial charge in [-0.15, -0.1) is 0 Å². The minimum atomic E-state index is 0.327. The van der Waals surface area contributed by atoms with Crippen molar-refractivity contribution in [1.82, 2.24) is 5.32 Å². The summed E-state index contributed by atoms with van der Waals surface area (Å²) < 4.78 is 10.6. The third kappa shape index (κ3) is 6.88. The highest BCUT2D eigenvalue weighted by molar-refractivity contribution is 4.75. The maximum Gasteiger partial charge on any atom is 0.0721 e. The molecule has 1 N–H and O–H groups in total. The Morgan fingerprint density at radius 3 is 2.40 bits per heavy atom. The molecule has 0 saturated heterocycles. The summed E-state index contributed by atoms with van der Waals surface area (Å²) >= 11 is 0. The van der Waals surface area contributed by atoms with E-state index in [-0.39, 0.29) is 0 Å². The monoisotopic (exact) mass is 217 g/mol. The molecule has 3 heteroatoms. The standard InChI is InChI=1S/C12H27NO2/c1-5-9-13-11(8-7-10-14-3)12(6-2)15-4/h11-13H,5-10H2,1-4H3. The minimum Gasteiger partial charge on any atom is -0.385 e. The molecule has 3 nitrogen and oxygen atoms in total. The van der Waals surface area contributed by atoms with Crippen LogP contribution in [-0.2, 0) is 9.47 Å². The van der Waals surface area contributed by atoms with E-state index in [9.17, 15) is 0 Å². The molecule has 0 heterocycles. The molecule has 0 saturated carbocycles. The number of hydrogen-bond acceptors (Lipinski definition) is 3. The fourth-order valence-electron chi connectivity index (χ4n) is 1.81. The van der Waals surface area contributed by atoms with Crippen molar-refractivity contribution in [1.29, 1.82) is 0 Å². The highest BCUT2D eigenvalue weighted by Gasteiger charge is 2.17. The summed E-state index contributed by atoms with van der Waals surface area (Å²) in [4.78, 5) is 0. The zero-order chi connectivity index (χ0) is 11.5. The van der Waals surface area contributed by atoms with Crippen molar-refractivity contribution in [2.24, 2.45) is 0 Å². The van der Waals surface area contributed by atoms with Crippen LogP contribution in [0.2, 0.25) is 0 Å². The van der Waals surface area contributed by atoms with Gasteiger partial charge in [-0.05, 0) is 32.2 Å². The first-order chi connectivity index (χ1) is 7.29. The molecule has 0 aromatic heterocycles. The first-order valence-corrected chi connectivity index (χ1v) is 6.05. The Kier molecular flexibility index (Phi) is 10.3. The Morgan fingerprint density at radius 2 is 1.93 bits per heavy atom. The van der Waals surface area contributed by atoms with Gasteiger partial charge in [0.1, 0.15) is 0 Å². The summed E-state index contributed by atoms with van der Waals surface area (Å²) in [6.07, 6.45) is 4.78. The maximum absolute atomic E-state index is 5.49. The Bertz CT molecular complexity index is 127. The lowest BCUT2D eigenvalue weighted by Gasteiger charge is -2.26. The molecule has 0 radical (unpaired) electrons. The first-order valence-electron chi connectivity index (χ1n) is 6.05. The van der Waals surface area contributed by atoms with E-state index >= 15 is 0 Å². The summed E-state index contributed by atoms with van der Waals surface area (Å²) in [5.74, 6) is 0. The summed E-state index contributed by atoms with van der Waals surface area (Å²) in [5, 5.41) is 3.55. The van der Waals surface area contributed by atoms with Gasteiger partial charge in [0.05, 0.1) is 6.10 Å². The molecule has 0 amide bonds. The fourth-order valence-corrected chi connectivity index (χ4v) is 1.81. The molecule has 0 fully saturated rings. The third-order valence-electron chi connectivity index (χ3n) is 2.67. The highest BCUT2D eigenvalue weighted by atomic mass is 16.5. The second-order valence-corrected chi connectivity index (χ2v) is 3.88. The van der Waals surface area contributed by atoms with E-state index in [1.54, 1.807) is 14.2 Å². The molecule has 0 aromatic rings. The number of nitrogens with one attached hydrogen (secondary N) is 1. The smallest absolute Gasteiger partial charge is 0.0721 e. The Balaban J connectivity index is 3.91. The molecule has 0 spiro atoms. The highest BCUT2D eigenvalue weighted by Crippen LogP contribution is 2.09. The molecule has 0 rings (SSSR count). The van der Waals surface area contributed by atoms with E-state index in [2.05, 4.69) is 19.2 Å². The van der Waals surface area contributed by atoms with Crippen molar-refractivity contribution in [2.45, 2.75) is 51.7 Å². The van der Waals surface area contributed by atoms with Crippen LogP contribution in [0.3, 0.4) is 0 Å². The van der Waals surface area contributed by atoms with Crippen LogP contribution in [-0.4, -0.2) is 39.5 Å². The average Bonchev–Trinajstić information content (AvgIpc) is 2.26. The molecule has 2 atom stereocenters. The van der Waals surface area contributed by atoms with Gasteiger partial charge >= 0.3 is 0 Å². The van der Waals surface area contributed by atoms with Crippen LogP contribution in [0, 0.1) is 0 Å². The molecule has 2 unspecified atom stereocenters. The molecule has 0 aromatic carbocycles. The molecule has 0 bridgehead atoms. The van der Waals surface area contributed by atoms with Crippen LogP contribution in [0.15, 0.2) is 0 Å². The van der Waals surface area contributed by atoms with Crippen molar-refractivity contribution >= 4 is 0 Å². The second-order valence-electron chi connectivity index (χ2n) is 3.88. The Hall–Kier alpha value is -0.120. The van der Waals surface area contributed by atoms with E-state index in [4.69, 9.17) is 9.47 Å². The zero-order valence-corrected chi connectivity index (χ0v) is 10.7. The number of methoxy groups -OCH3 is 2. The van der Waals surface area contributed by atoms with Gasteiger partial charge in [0, 0.05) is 26.9 Å². The predicted molar refractivity (Wildman–Crippen MR) is 64.3 cm³/mol. The van der Waals surface area contributed by atoms with Crippen LogP contribution in [0.25, 0.3) is 0 Å². The molecule has 0 aliphatic heterocycles. The van der Waals surface area contributed by atoms with Gasteiger partial charge < -0.3 is 14.8 Å². The lowest BCUT2D eigenvalue weighted by molar-refractivity contribution is 0.0588. The average molecular weight is 217 g/mol. The summed E-state index contributed by atoms with van der Waals surface area (Å²) in [7, 11) is 3.55. The maximum atomic E-state index is 5.49. The van der Waals surface area contributed by atoms with Crippen LogP contribution in [0.5, 0.6) is 0 Å². The molecule has 15 heavy (non-hydrogen) atoms. The van der Waals surface area contributed by atoms with Gasteiger partial charge in [-0.2, -0.15) is 0 Å². The van der Waals surface area contributed by atoms with Gasteiger partial charge in [0.25, 0.3) is 0 Å². The van der Waals surface area contributed by atoms with Gasteiger partial charge in [-0.1, -0.05) is 13.8 Å². The molecule has 0 aliphatic rings. The Labute approximate surface area is 94.5 Å². The van der Waals surface area contributed by atoms with Crippen molar-refractivity contribution < 1.29 is 9.47 Å². The Morgan fingerprint density at radius 1 is 1.20 bits per heavy atom.